The minimum atomic E-state index is -1.15. The van der Waals surface area contributed by atoms with E-state index in [4.69, 9.17) is 0 Å². The lowest BCUT2D eigenvalue weighted by molar-refractivity contribution is -0.595. The zero-order chi connectivity index (χ0) is 15.9. The highest BCUT2D eigenvalue weighted by Gasteiger charge is 2.54. The first-order chi connectivity index (χ1) is 10.5. The molecule has 114 valence electrons. The topological polar surface area (TPSA) is 49.5 Å². The summed E-state index contributed by atoms with van der Waals surface area (Å²) in [6.45, 7) is 3.56. The van der Waals surface area contributed by atoms with Crippen molar-refractivity contribution in [3.8, 4) is 0 Å². The molecule has 0 fully saturated rings. The number of benzene rings is 2. The van der Waals surface area contributed by atoms with Crippen LogP contribution in [0.2, 0.25) is 0 Å². The highest BCUT2D eigenvalue weighted by Crippen LogP contribution is 2.36. The molecule has 0 saturated carbocycles. The fraction of sp³-hybridized carbons (Fsp3) is 0.235. The van der Waals surface area contributed by atoms with Crippen molar-refractivity contribution in [3.63, 3.8) is 0 Å². The van der Waals surface area contributed by atoms with Crippen molar-refractivity contribution in [2.24, 2.45) is 0 Å². The summed E-state index contributed by atoms with van der Waals surface area (Å²) in [5, 5.41) is 24.7. The van der Waals surface area contributed by atoms with Crippen molar-refractivity contribution in [2.45, 2.75) is 25.6 Å². The van der Waals surface area contributed by atoms with Crippen molar-refractivity contribution in [1.82, 2.24) is 5.06 Å². The molecule has 2 atom stereocenters. The lowest BCUT2D eigenvalue weighted by Gasteiger charge is -2.29. The largest absolute Gasteiger partial charge is 0.622 e. The minimum absolute atomic E-state index is 0.395. The Balaban J connectivity index is 2.16. The molecule has 4 nitrogen and oxygen atoms in total. The number of rotatable bonds is 2. The molecular weight excluding hydrogens is 344 g/mol. The van der Waals surface area contributed by atoms with Crippen molar-refractivity contribution in [2.75, 3.05) is 0 Å². The van der Waals surface area contributed by atoms with E-state index in [1.807, 2.05) is 61.5 Å². The third kappa shape index (κ3) is 2.17. The number of hydrogen-bond donors (Lipinski definition) is 1. The van der Waals surface area contributed by atoms with E-state index >= 15 is 0 Å². The highest BCUT2D eigenvalue weighted by atomic mass is 79.9. The molecule has 2 aromatic carbocycles. The number of hydrogen-bond acceptors (Lipinski definition) is 3. The van der Waals surface area contributed by atoms with Gasteiger partial charge in [0.25, 0.3) is 5.66 Å². The molecule has 0 bridgehead atoms. The second-order valence-electron chi connectivity index (χ2n) is 5.59. The van der Waals surface area contributed by atoms with Gasteiger partial charge in [-0.1, -0.05) is 34.1 Å². The summed E-state index contributed by atoms with van der Waals surface area (Å²) < 4.78 is 1.84. The van der Waals surface area contributed by atoms with Crippen molar-refractivity contribution in [3.05, 3.63) is 75.4 Å². The molecular formula is C17H17BrN2O2. The van der Waals surface area contributed by atoms with Crippen LogP contribution in [-0.4, -0.2) is 26.8 Å². The van der Waals surface area contributed by atoms with Gasteiger partial charge in [-0.15, -0.1) is 5.06 Å². The van der Waals surface area contributed by atoms with Gasteiger partial charge < -0.3 is 10.4 Å². The summed E-state index contributed by atoms with van der Waals surface area (Å²) in [5.74, 6) is 0. The fourth-order valence-corrected chi connectivity index (χ4v) is 3.24. The molecule has 0 amide bonds. The first-order valence-electron chi connectivity index (χ1n) is 7.10. The maximum atomic E-state index is 13.0. The van der Waals surface area contributed by atoms with Gasteiger partial charge in [0.2, 0.25) is 5.71 Å². The Bertz CT molecular complexity index is 715. The van der Waals surface area contributed by atoms with E-state index < -0.39 is 11.7 Å². The molecule has 2 aromatic rings. The molecule has 22 heavy (non-hydrogen) atoms. The van der Waals surface area contributed by atoms with Gasteiger partial charge >= 0.3 is 0 Å². The molecule has 0 saturated heterocycles. The molecule has 0 aromatic heterocycles. The Morgan fingerprint density at radius 2 is 1.73 bits per heavy atom. The van der Waals surface area contributed by atoms with E-state index in [2.05, 4.69) is 15.9 Å². The summed E-state index contributed by atoms with van der Waals surface area (Å²) in [4.78, 5) is 0. The molecule has 5 heteroatoms. The van der Waals surface area contributed by atoms with Gasteiger partial charge in [-0.3, -0.25) is 0 Å². The zero-order valence-corrected chi connectivity index (χ0v) is 14.0. The first kappa shape index (κ1) is 15.2. The molecule has 1 aliphatic rings. The first-order valence-corrected chi connectivity index (χ1v) is 7.89. The normalized spacial score (nSPS) is 25.7. The molecule has 0 spiro atoms. The van der Waals surface area contributed by atoms with Crippen LogP contribution < -0.4 is 0 Å². The molecule has 1 aliphatic heterocycles. The zero-order valence-electron chi connectivity index (χ0n) is 12.4. The molecule has 0 unspecified atom stereocenters. The predicted molar refractivity (Wildman–Crippen MR) is 88.8 cm³/mol. The summed E-state index contributed by atoms with van der Waals surface area (Å²) in [6, 6.07) is 16.5. The minimum Gasteiger partial charge on any atom is -0.622 e. The van der Waals surface area contributed by atoms with Crippen molar-refractivity contribution in [1.29, 1.82) is 0 Å². The molecule has 0 aliphatic carbocycles. The maximum Gasteiger partial charge on any atom is 0.274 e. The van der Waals surface area contributed by atoms with E-state index in [9.17, 15) is 10.4 Å². The average Bonchev–Trinajstić information content (AvgIpc) is 2.71. The van der Waals surface area contributed by atoms with Crippen LogP contribution in [0.5, 0.6) is 0 Å². The lowest BCUT2D eigenvalue weighted by atomic mass is 10.0. The summed E-state index contributed by atoms with van der Waals surface area (Å²) in [6.07, 6.45) is 0. The average molecular weight is 361 g/mol. The Hall–Kier alpha value is -1.69. The van der Waals surface area contributed by atoms with E-state index in [-0.39, 0.29) is 0 Å². The molecule has 0 radical (unpaired) electrons. The Kier molecular flexibility index (Phi) is 3.80. The second kappa shape index (κ2) is 5.50. The Labute approximate surface area is 138 Å². The SMILES string of the molecule is C[C@@H]1C(c2ccccc2)=[N+]([O-])[C@](C)(c2ccc(Br)cc2)N1O. The van der Waals surface area contributed by atoms with E-state index in [1.54, 1.807) is 6.92 Å². The number of nitrogens with zero attached hydrogens (tertiary/aromatic N) is 2. The van der Waals surface area contributed by atoms with Crippen LogP contribution in [0.25, 0.3) is 0 Å². The third-order valence-corrected chi connectivity index (χ3v) is 4.81. The maximum absolute atomic E-state index is 13.0. The monoisotopic (exact) mass is 360 g/mol. The standard InChI is InChI=1S/C17H17BrN2O2/c1-12-16(13-6-4-3-5-7-13)20(22)17(2,19(12)21)14-8-10-15(18)11-9-14/h3-12,21H,1-2H3/t12-,17-/m1/s1. The van der Waals surface area contributed by atoms with Crippen LogP contribution in [0, 0.1) is 5.21 Å². The summed E-state index contributed by atoms with van der Waals surface area (Å²) in [5.41, 5.74) is 0.982. The van der Waals surface area contributed by atoms with Gasteiger partial charge in [0, 0.05) is 22.5 Å². The van der Waals surface area contributed by atoms with Gasteiger partial charge in [0.1, 0.15) is 6.04 Å². The lowest BCUT2D eigenvalue weighted by Crippen LogP contribution is -2.45. The van der Waals surface area contributed by atoms with Crippen LogP contribution in [-0.2, 0) is 5.66 Å². The van der Waals surface area contributed by atoms with Crippen molar-refractivity contribution < 1.29 is 9.95 Å². The molecule has 1 N–H and O–H groups in total. The van der Waals surface area contributed by atoms with E-state index in [0.717, 1.165) is 25.4 Å². The molecule has 1 heterocycles. The molecule has 3 rings (SSSR count). The van der Waals surface area contributed by atoms with Gasteiger partial charge in [0.05, 0.1) is 0 Å². The van der Waals surface area contributed by atoms with Gasteiger partial charge in [-0.25, -0.2) is 0 Å². The van der Waals surface area contributed by atoms with Gasteiger partial charge in [0.15, 0.2) is 0 Å². The van der Waals surface area contributed by atoms with Gasteiger partial charge in [-0.2, -0.15) is 4.74 Å². The summed E-state index contributed by atoms with van der Waals surface area (Å²) >= 11 is 3.39. The smallest absolute Gasteiger partial charge is 0.274 e. The van der Waals surface area contributed by atoms with Crippen LogP contribution in [0.15, 0.2) is 59.1 Å². The Morgan fingerprint density at radius 3 is 2.32 bits per heavy atom. The van der Waals surface area contributed by atoms with E-state index in [1.165, 1.54) is 0 Å². The Morgan fingerprint density at radius 1 is 1.14 bits per heavy atom. The predicted octanol–water partition coefficient (Wildman–Crippen LogP) is 3.71. The van der Waals surface area contributed by atoms with E-state index in [0.29, 0.717) is 5.71 Å². The number of hydroxylamine groups is 3. The van der Waals surface area contributed by atoms with Crippen LogP contribution >= 0.6 is 15.9 Å². The third-order valence-electron chi connectivity index (χ3n) is 4.28. The van der Waals surface area contributed by atoms with Crippen LogP contribution in [0.4, 0.5) is 0 Å². The van der Waals surface area contributed by atoms with Crippen molar-refractivity contribution >= 4 is 21.6 Å². The summed E-state index contributed by atoms with van der Waals surface area (Å²) in [7, 11) is 0. The number of halogens is 1. The second-order valence-corrected chi connectivity index (χ2v) is 6.51. The fourth-order valence-electron chi connectivity index (χ4n) is 2.97. The van der Waals surface area contributed by atoms with Gasteiger partial charge in [-0.05, 0) is 43.3 Å². The quantitative estimate of drug-likeness (QED) is 0.655. The van der Waals surface area contributed by atoms with Crippen LogP contribution in [0.3, 0.4) is 0 Å². The highest BCUT2D eigenvalue weighted by molar-refractivity contribution is 9.10. The van der Waals surface area contributed by atoms with Crippen LogP contribution in [0.1, 0.15) is 25.0 Å².